The molecular formula is C14H22N4O2S. The first-order chi connectivity index (χ1) is 9.99. The Balaban J connectivity index is 2.40. The third-order valence-corrected chi connectivity index (χ3v) is 5.26. The second kappa shape index (κ2) is 6.34. The van der Waals surface area contributed by atoms with Gasteiger partial charge in [0.1, 0.15) is 9.88 Å². The van der Waals surface area contributed by atoms with Crippen LogP contribution in [0.25, 0.3) is 0 Å². The van der Waals surface area contributed by atoms with Gasteiger partial charge in [0.25, 0.3) is 11.8 Å². The molecule has 0 spiro atoms. The average molecular weight is 310 g/mol. The van der Waals surface area contributed by atoms with Crippen molar-refractivity contribution in [2.24, 2.45) is 11.7 Å². The maximum absolute atomic E-state index is 12.1. The van der Waals surface area contributed by atoms with Crippen molar-refractivity contribution >= 4 is 33.8 Å². The highest BCUT2D eigenvalue weighted by Gasteiger charge is 2.28. The fraction of sp³-hybridized carbons (Fsp3) is 0.571. The molecule has 0 radical (unpaired) electrons. The number of thiophene rings is 1. The van der Waals surface area contributed by atoms with Crippen LogP contribution < -0.4 is 21.7 Å². The molecule has 2 amide bonds. The van der Waals surface area contributed by atoms with Gasteiger partial charge in [-0.25, -0.2) is 0 Å². The molecule has 1 saturated carbocycles. The minimum Gasteiger partial charge on any atom is -0.397 e. The quantitative estimate of drug-likeness (QED) is 0.739. The summed E-state index contributed by atoms with van der Waals surface area (Å²) in [5.74, 6) is -0.213. The molecule has 1 aromatic rings. The number of hydrogen-bond donors (Lipinski definition) is 3. The number of nitrogens with zero attached hydrogens (tertiary/aromatic N) is 1. The van der Waals surface area contributed by atoms with Crippen molar-refractivity contribution in [2.75, 3.05) is 30.8 Å². The van der Waals surface area contributed by atoms with Crippen molar-refractivity contribution in [3.63, 3.8) is 0 Å². The molecule has 0 saturated heterocycles. The van der Waals surface area contributed by atoms with E-state index in [1.54, 1.807) is 7.05 Å². The predicted molar refractivity (Wildman–Crippen MR) is 85.9 cm³/mol. The Hall–Kier alpha value is -1.76. The van der Waals surface area contributed by atoms with Gasteiger partial charge in [0.2, 0.25) is 0 Å². The highest BCUT2D eigenvalue weighted by atomic mass is 32.1. The molecule has 116 valence electrons. The van der Waals surface area contributed by atoms with Gasteiger partial charge < -0.3 is 21.7 Å². The zero-order chi connectivity index (χ0) is 15.6. The summed E-state index contributed by atoms with van der Waals surface area (Å²) in [5, 5.41) is 3.33. The fourth-order valence-corrected chi connectivity index (χ4v) is 3.67. The maximum atomic E-state index is 12.1. The van der Waals surface area contributed by atoms with Crippen LogP contribution in [0.3, 0.4) is 0 Å². The minimum atomic E-state index is -0.589. The second-order valence-electron chi connectivity index (χ2n) is 5.30. The Morgan fingerprint density at radius 1 is 1.43 bits per heavy atom. The Bertz CT molecular complexity index is 551. The van der Waals surface area contributed by atoms with Gasteiger partial charge in [-0.1, -0.05) is 6.42 Å². The van der Waals surface area contributed by atoms with E-state index >= 15 is 0 Å². The first-order valence-corrected chi connectivity index (χ1v) is 8.00. The summed E-state index contributed by atoms with van der Waals surface area (Å²) in [7, 11) is 1.55. The van der Waals surface area contributed by atoms with Crippen LogP contribution in [-0.4, -0.2) is 32.0 Å². The topological polar surface area (TPSA) is 101 Å². The molecule has 5 N–H and O–H groups in total. The Labute approximate surface area is 128 Å². The zero-order valence-electron chi connectivity index (χ0n) is 12.4. The van der Waals surface area contributed by atoms with Crippen LogP contribution in [0.2, 0.25) is 0 Å². The van der Waals surface area contributed by atoms with E-state index in [2.05, 4.69) is 10.2 Å². The number of anilines is 2. The summed E-state index contributed by atoms with van der Waals surface area (Å²) in [5.41, 5.74) is 11.9. The normalized spacial score (nSPS) is 14.6. The zero-order valence-corrected chi connectivity index (χ0v) is 13.3. The van der Waals surface area contributed by atoms with Gasteiger partial charge in [0.15, 0.2) is 0 Å². The summed E-state index contributed by atoms with van der Waals surface area (Å²) >= 11 is 1.21. The number of hydrogen-bond acceptors (Lipinski definition) is 5. The summed E-state index contributed by atoms with van der Waals surface area (Å²) in [4.78, 5) is 26.0. The van der Waals surface area contributed by atoms with E-state index in [4.69, 9.17) is 11.5 Å². The number of primary amides is 1. The number of rotatable bonds is 6. The molecule has 1 fully saturated rings. The summed E-state index contributed by atoms with van der Waals surface area (Å²) in [6, 6.07) is 0. The smallest absolute Gasteiger partial charge is 0.260 e. The molecule has 2 rings (SSSR count). The molecule has 0 aromatic carbocycles. The minimum absolute atomic E-state index is 0.189. The van der Waals surface area contributed by atoms with Crippen molar-refractivity contribution in [1.82, 2.24) is 5.32 Å². The van der Waals surface area contributed by atoms with Crippen LogP contribution in [0.15, 0.2) is 0 Å². The van der Waals surface area contributed by atoms with Crippen LogP contribution in [0.1, 0.15) is 46.2 Å². The van der Waals surface area contributed by atoms with E-state index in [0.717, 1.165) is 18.1 Å². The monoisotopic (exact) mass is 310 g/mol. The highest BCUT2D eigenvalue weighted by Crippen LogP contribution is 2.39. The van der Waals surface area contributed by atoms with Crippen molar-refractivity contribution in [3.05, 3.63) is 10.4 Å². The van der Waals surface area contributed by atoms with Gasteiger partial charge in [-0.2, -0.15) is 0 Å². The number of nitrogens with two attached hydrogens (primary N) is 2. The van der Waals surface area contributed by atoms with Gasteiger partial charge in [-0.3, -0.25) is 9.59 Å². The van der Waals surface area contributed by atoms with Gasteiger partial charge >= 0.3 is 0 Å². The van der Waals surface area contributed by atoms with Crippen molar-refractivity contribution in [3.8, 4) is 0 Å². The molecule has 1 aromatic heterocycles. The van der Waals surface area contributed by atoms with E-state index in [9.17, 15) is 9.59 Å². The van der Waals surface area contributed by atoms with Crippen molar-refractivity contribution in [2.45, 2.75) is 26.2 Å². The molecule has 6 nitrogen and oxygen atoms in total. The van der Waals surface area contributed by atoms with Gasteiger partial charge in [-0.05, 0) is 25.7 Å². The lowest BCUT2D eigenvalue weighted by Gasteiger charge is -2.32. The summed E-state index contributed by atoms with van der Waals surface area (Å²) in [6.07, 6.45) is 3.70. The number of nitrogen functional groups attached to an aromatic ring is 1. The van der Waals surface area contributed by atoms with E-state index in [1.165, 1.54) is 30.6 Å². The number of nitrogens with one attached hydrogen (secondary N) is 1. The molecule has 1 heterocycles. The van der Waals surface area contributed by atoms with Crippen LogP contribution in [0.4, 0.5) is 10.7 Å². The SMILES string of the molecule is CCN(CC1CCC1)c1sc(C(N)=O)c(N)c1C(=O)NC. The third-order valence-electron chi connectivity index (χ3n) is 3.98. The third kappa shape index (κ3) is 2.97. The molecule has 0 aliphatic heterocycles. The lowest BCUT2D eigenvalue weighted by molar-refractivity contribution is 0.0964. The van der Waals surface area contributed by atoms with Gasteiger partial charge in [0, 0.05) is 20.1 Å². The van der Waals surface area contributed by atoms with Crippen molar-refractivity contribution < 1.29 is 9.59 Å². The number of carbonyl (C=O) groups is 2. The lowest BCUT2D eigenvalue weighted by atomic mass is 9.85. The van der Waals surface area contributed by atoms with Gasteiger partial charge in [-0.15, -0.1) is 11.3 Å². The number of carbonyl (C=O) groups excluding carboxylic acids is 2. The van der Waals surface area contributed by atoms with Crippen LogP contribution in [0, 0.1) is 5.92 Å². The molecular weight excluding hydrogens is 288 g/mol. The van der Waals surface area contributed by atoms with E-state index in [1.807, 2.05) is 6.92 Å². The lowest BCUT2D eigenvalue weighted by Crippen LogP contribution is -2.33. The molecule has 0 atom stereocenters. The summed E-state index contributed by atoms with van der Waals surface area (Å²) < 4.78 is 0. The largest absolute Gasteiger partial charge is 0.397 e. The van der Waals surface area contributed by atoms with E-state index in [-0.39, 0.29) is 16.5 Å². The van der Waals surface area contributed by atoms with Crippen molar-refractivity contribution in [1.29, 1.82) is 0 Å². The Morgan fingerprint density at radius 2 is 2.10 bits per heavy atom. The summed E-state index contributed by atoms with van der Waals surface area (Å²) in [6.45, 7) is 3.68. The highest BCUT2D eigenvalue weighted by molar-refractivity contribution is 7.19. The first-order valence-electron chi connectivity index (χ1n) is 7.18. The van der Waals surface area contributed by atoms with Crippen LogP contribution >= 0.6 is 11.3 Å². The molecule has 1 aliphatic carbocycles. The first kappa shape index (κ1) is 15.6. The van der Waals surface area contributed by atoms with E-state index in [0.29, 0.717) is 11.5 Å². The standard InChI is InChI=1S/C14H22N4O2S/c1-3-18(7-8-5-4-6-8)14-9(13(20)17-2)10(15)11(21-14)12(16)19/h8H,3-7,15H2,1-2H3,(H2,16,19)(H,17,20). The van der Waals surface area contributed by atoms with E-state index < -0.39 is 5.91 Å². The second-order valence-corrected chi connectivity index (χ2v) is 6.30. The number of amides is 2. The van der Waals surface area contributed by atoms with Gasteiger partial charge in [0.05, 0.1) is 11.3 Å². The fourth-order valence-electron chi connectivity index (χ4n) is 2.52. The Morgan fingerprint density at radius 3 is 2.52 bits per heavy atom. The molecule has 0 unspecified atom stereocenters. The maximum Gasteiger partial charge on any atom is 0.260 e. The average Bonchev–Trinajstić information content (AvgIpc) is 2.75. The van der Waals surface area contributed by atoms with Crippen LogP contribution in [-0.2, 0) is 0 Å². The molecule has 0 bridgehead atoms. The molecule has 7 heteroatoms. The molecule has 1 aliphatic rings. The predicted octanol–water partition coefficient (Wildman–Crippen LogP) is 1.42. The molecule has 21 heavy (non-hydrogen) atoms. The Kier molecular flexibility index (Phi) is 4.72. The van der Waals surface area contributed by atoms with Crippen LogP contribution in [0.5, 0.6) is 0 Å².